The van der Waals surface area contributed by atoms with Crippen LogP contribution in [0.1, 0.15) is 44.7 Å². The molecule has 2 aromatic rings. The minimum atomic E-state index is 0.140. The number of likely N-dealkylation sites (N-methyl/N-ethyl adjacent to an activating group) is 1. The molecule has 1 aliphatic rings. The first-order valence-electron chi connectivity index (χ1n) is 11.4. The van der Waals surface area contributed by atoms with Gasteiger partial charge in [-0.25, -0.2) is 0 Å². The average Bonchev–Trinajstić information content (AvgIpc) is 3.13. The Kier molecular flexibility index (Phi) is 8.07. The maximum Gasteiger partial charge on any atom is 0.185 e. The quantitative estimate of drug-likeness (QED) is 0.570. The van der Waals surface area contributed by atoms with Gasteiger partial charge in [-0.3, -0.25) is 4.79 Å². The van der Waals surface area contributed by atoms with E-state index in [4.69, 9.17) is 0 Å². The number of Topliss-reactive ketones (excluding diaryl/α,β-unsaturated/α-hetero) is 1. The number of aliphatic hydroxyl groups is 1. The summed E-state index contributed by atoms with van der Waals surface area (Å²) in [6.45, 7) is 9.99. The molecule has 1 aliphatic carbocycles. The molecule has 0 heterocycles. The molecule has 0 aromatic heterocycles. The van der Waals surface area contributed by atoms with Crippen LogP contribution >= 0.6 is 0 Å². The third-order valence-corrected chi connectivity index (χ3v) is 5.96. The second-order valence-electron chi connectivity index (χ2n) is 7.83. The Morgan fingerprint density at radius 1 is 0.742 bits per heavy atom. The predicted molar refractivity (Wildman–Crippen MR) is 132 cm³/mol. The number of hydrogen-bond acceptors (Lipinski definition) is 4. The molecule has 31 heavy (non-hydrogen) atoms. The fraction of sp³-hybridized carbons (Fsp3) is 0.370. The first-order valence-corrected chi connectivity index (χ1v) is 11.4. The smallest absolute Gasteiger partial charge is 0.185 e. The summed E-state index contributed by atoms with van der Waals surface area (Å²) in [5, 5.41) is 9.20. The third-order valence-electron chi connectivity index (χ3n) is 5.96. The Morgan fingerprint density at radius 3 is 1.55 bits per heavy atom. The molecule has 0 spiro atoms. The molecule has 0 radical (unpaired) electrons. The zero-order chi connectivity index (χ0) is 22.2. The van der Waals surface area contributed by atoms with Crippen LogP contribution in [0, 0.1) is 0 Å². The molecule has 2 aromatic carbocycles. The molecule has 0 aliphatic heterocycles. The van der Waals surface area contributed by atoms with Crippen LogP contribution in [0.25, 0.3) is 12.2 Å². The van der Waals surface area contributed by atoms with Gasteiger partial charge >= 0.3 is 0 Å². The number of rotatable bonds is 9. The van der Waals surface area contributed by atoms with Gasteiger partial charge in [0.25, 0.3) is 0 Å². The Hall–Kier alpha value is -2.85. The normalized spacial score (nSPS) is 16.3. The molecule has 1 N–H and O–H groups in total. The summed E-state index contributed by atoms with van der Waals surface area (Å²) in [6.07, 6.45) is 5.63. The van der Waals surface area contributed by atoms with Gasteiger partial charge in [-0.1, -0.05) is 24.3 Å². The zero-order valence-corrected chi connectivity index (χ0v) is 19.0. The van der Waals surface area contributed by atoms with Crippen molar-refractivity contribution in [2.24, 2.45) is 0 Å². The number of aliphatic hydroxyl groups excluding tert-OH is 1. The third kappa shape index (κ3) is 5.65. The van der Waals surface area contributed by atoms with E-state index in [1.165, 1.54) is 5.69 Å². The van der Waals surface area contributed by atoms with E-state index in [1.807, 2.05) is 24.3 Å². The summed E-state index contributed by atoms with van der Waals surface area (Å²) in [5.41, 5.74) is 6.19. The summed E-state index contributed by atoms with van der Waals surface area (Å²) in [5.74, 6) is 0.160. The molecule has 0 atom stereocenters. The van der Waals surface area contributed by atoms with Crippen LogP contribution in [-0.2, 0) is 4.79 Å². The van der Waals surface area contributed by atoms with Crippen LogP contribution < -0.4 is 9.80 Å². The SMILES string of the molecule is CCN(CC)c1ccc(/C=C2/CC/C(=C\c3ccc(N(CC)CCO)cc3)C2=O)cc1. The topological polar surface area (TPSA) is 43.8 Å². The summed E-state index contributed by atoms with van der Waals surface area (Å²) in [6, 6.07) is 16.7. The van der Waals surface area contributed by atoms with Crippen LogP contribution in [-0.4, -0.2) is 43.7 Å². The van der Waals surface area contributed by atoms with E-state index in [1.54, 1.807) is 0 Å². The molecule has 0 unspecified atom stereocenters. The minimum Gasteiger partial charge on any atom is -0.395 e. The first-order chi connectivity index (χ1) is 15.1. The van der Waals surface area contributed by atoms with Gasteiger partial charge in [0.2, 0.25) is 0 Å². The van der Waals surface area contributed by atoms with Crippen molar-refractivity contribution in [1.29, 1.82) is 0 Å². The second-order valence-corrected chi connectivity index (χ2v) is 7.83. The molecule has 3 rings (SSSR count). The fourth-order valence-corrected chi connectivity index (χ4v) is 4.12. The second kappa shape index (κ2) is 11.0. The monoisotopic (exact) mass is 418 g/mol. The Labute approximate surface area is 186 Å². The first kappa shape index (κ1) is 22.8. The number of carbonyl (C=O) groups is 1. The van der Waals surface area contributed by atoms with Gasteiger partial charge in [0, 0.05) is 48.7 Å². The van der Waals surface area contributed by atoms with Crippen molar-refractivity contribution in [1.82, 2.24) is 0 Å². The maximum atomic E-state index is 12.9. The molecule has 4 nitrogen and oxygen atoms in total. The molecule has 1 saturated carbocycles. The molecule has 0 saturated heterocycles. The van der Waals surface area contributed by atoms with Gasteiger partial charge in [-0.05, 0) is 81.2 Å². The van der Waals surface area contributed by atoms with Gasteiger partial charge in [0.15, 0.2) is 5.78 Å². The molecule has 4 heteroatoms. The van der Waals surface area contributed by atoms with Crippen molar-refractivity contribution < 1.29 is 9.90 Å². The molecule has 164 valence electrons. The number of hydrogen-bond donors (Lipinski definition) is 1. The van der Waals surface area contributed by atoms with E-state index < -0.39 is 0 Å². The molecule has 0 amide bonds. The molecule has 0 bridgehead atoms. The van der Waals surface area contributed by atoms with Gasteiger partial charge in [-0.15, -0.1) is 0 Å². The zero-order valence-electron chi connectivity index (χ0n) is 19.0. The van der Waals surface area contributed by atoms with E-state index in [0.29, 0.717) is 6.54 Å². The lowest BCUT2D eigenvalue weighted by molar-refractivity contribution is -0.111. The van der Waals surface area contributed by atoms with Crippen LogP contribution in [0.4, 0.5) is 11.4 Å². The van der Waals surface area contributed by atoms with E-state index in [2.05, 4.69) is 67.0 Å². The van der Waals surface area contributed by atoms with E-state index in [0.717, 1.165) is 60.4 Å². The lowest BCUT2D eigenvalue weighted by atomic mass is 10.1. The number of anilines is 2. The van der Waals surface area contributed by atoms with Gasteiger partial charge in [-0.2, -0.15) is 0 Å². The van der Waals surface area contributed by atoms with Crippen LogP contribution in [0.3, 0.4) is 0 Å². The molecular weight excluding hydrogens is 384 g/mol. The number of allylic oxidation sites excluding steroid dienone is 2. The van der Waals surface area contributed by atoms with Crippen LogP contribution in [0.15, 0.2) is 59.7 Å². The summed E-state index contributed by atoms with van der Waals surface area (Å²) in [7, 11) is 0. The highest BCUT2D eigenvalue weighted by molar-refractivity contribution is 6.15. The largest absolute Gasteiger partial charge is 0.395 e. The fourth-order valence-electron chi connectivity index (χ4n) is 4.12. The highest BCUT2D eigenvalue weighted by Gasteiger charge is 2.23. The Morgan fingerprint density at radius 2 is 1.16 bits per heavy atom. The predicted octanol–water partition coefficient (Wildman–Crippen LogP) is 5.18. The average molecular weight is 419 g/mol. The van der Waals surface area contributed by atoms with Crippen molar-refractivity contribution >= 4 is 29.3 Å². The highest BCUT2D eigenvalue weighted by atomic mass is 16.3. The summed E-state index contributed by atoms with van der Waals surface area (Å²) >= 11 is 0. The number of nitrogens with zero attached hydrogens (tertiary/aromatic N) is 2. The van der Waals surface area contributed by atoms with Crippen LogP contribution in [0.2, 0.25) is 0 Å². The lowest BCUT2D eigenvalue weighted by Crippen LogP contribution is -2.25. The van der Waals surface area contributed by atoms with Crippen molar-refractivity contribution in [3.05, 3.63) is 70.8 Å². The number of ketones is 1. The summed E-state index contributed by atoms with van der Waals surface area (Å²) < 4.78 is 0. The lowest BCUT2D eigenvalue weighted by Gasteiger charge is -2.21. The standard InChI is InChI=1S/C27H34N2O2/c1-4-28(5-2)25-13-7-21(8-14-25)19-23-11-12-24(27(23)31)20-22-9-15-26(16-10-22)29(6-3)17-18-30/h7-10,13-16,19-20,30H,4-6,11-12,17-18H2,1-3H3/b23-19-,24-20+. The molecule has 1 fully saturated rings. The van der Waals surface area contributed by atoms with Crippen molar-refractivity contribution in [3.8, 4) is 0 Å². The minimum absolute atomic E-state index is 0.140. The summed E-state index contributed by atoms with van der Waals surface area (Å²) in [4.78, 5) is 17.3. The highest BCUT2D eigenvalue weighted by Crippen LogP contribution is 2.30. The van der Waals surface area contributed by atoms with E-state index in [-0.39, 0.29) is 12.4 Å². The van der Waals surface area contributed by atoms with Gasteiger partial charge in [0.05, 0.1) is 6.61 Å². The Balaban J connectivity index is 1.71. The van der Waals surface area contributed by atoms with Gasteiger partial charge < -0.3 is 14.9 Å². The van der Waals surface area contributed by atoms with E-state index >= 15 is 0 Å². The van der Waals surface area contributed by atoms with Crippen molar-refractivity contribution in [2.75, 3.05) is 42.6 Å². The maximum absolute atomic E-state index is 12.9. The van der Waals surface area contributed by atoms with Crippen LogP contribution in [0.5, 0.6) is 0 Å². The number of benzene rings is 2. The van der Waals surface area contributed by atoms with Crippen molar-refractivity contribution in [2.45, 2.75) is 33.6 Å². The van der Waals surface area contributed by atoms with Gasteiger partial charge in [0.1, 0.15) is 0 Å². The Bertz CT molecular complexity index is 923. The number of carbonyl (C=O) groups excluding carboxylic acids is 1. The molecular formula is C27H34N2O2. The van der Waals surface area contributed by atoms with Crippen molar-refractivity contribution in [3.63, 3.8) is 0 Å². The van der Waals surface area contributed by atoms with E-state index in [9.17, 15) is 9.90 Å².